The molecule has 0 amide bonds. The van der Waals surface area contributed by atoms with E-state index >= 15 is 0 Å². The minimum absolute atomic E-state index is 0.594. The average molecular weight is 206 g/mol. The van der Waals surface area contributed by atoms with Crippen molar-refractivity contribution >= 4 is 11.6 Å². The molecule has 0 aromatic carbocycles. The summed E-state index contributed by atoms with van der Waals surface area (Å²) in [5.74, 6) is 2.24. The van der Waals surface area contributed by atoms with Crippen LogP contribution < -0.4 is 5.32 Å². The fourth-order valence-electron chi connectivity index (χ4n) is 1.35. The Hall–Kier alpha value is 0.250. The molecule has 0 aliphatic rings. The number of hydrogen-bond donors (Lipinski definition) is 1. The lowest BCUT2D eigenvalue weighted by Gasteiger charge is -2.21. The minimum atomic E-state index is 0.594. The quantitative estimate of drug-likeness (QED) is 0.630. The Morgan fingerprint density at radius 3 is 2.08 bits per heavy atom. The molecule has 0 aliphatic carbocycles. The first-order chi connectivity index (χ1) is 6.07. The Morgan fingerprint density at radius 1 is 1.08 bits per heavy atom. The highest BCUT2D eigenvalue weighted by Gasteiger charge is 2.11. The number of hydrogen-bond acceptors (Lipinski definition) is 1. The zero-order chi connectivity index (χ0) is 10.3. The van der Waals surface area contributed by atoms with E-state index in [4.69, 9.17) is 11.6 Å². The minimum Gasteiger partial charge on any atom is -0.314 e. The van der Waals surface area contributed by atoms with Gasteiger partial charge in [-0.15, -0.1) is 11.6 Å². The Morgan fingerprint density at radius 2 is 1.69 bits per heavy atom. The molecule has 0 rings (SSSR count). The van der Waals surface area contributed by atoms with Gasteiger partial charge < -0.3 is 5.32 Å². The van der Waals surface area contributed by atoms with Crippen LogP contribution in [0.3, 0.4) is 0 Å². The van der Waals surface area contributed by atoms with Crippen LogP contribution in [0.5, 0.6) is 0 Å². The molecule has 1 atom stereocenters. The predicted molar refractivity (Wildman–Crippen MR) is 61.4 cm³/mol. The van der Waals surface area contributed by atoms with Crippen molar-refractivity contribution < 1.29 is 0 Å². The van der Waals surface area contributed by atoms with Crippen LogP contribution in [0, 0.1) is 11.8 Å². The molecule has 0 aromatic rings. The molecule has 0 spiro atoms. The second-order valence-electron chi connectivity index (χ2n) is 4.46. The van der Waals surface area contributed by atoms with Crippen molar-refractivity contribution in [3.63, 3.8) is 0 Å². The van der Waals surface area contributed by atoms with Crippen LogP contribution in [0.1, 0.15) is 40.5 Å². The van der Waals surface area contributed by atoms with Crippen LogP contribution in [-0.2, 0) is 0 Å². The maximum absolute atomic E-state index is 5.74. The Labute approximate surface area is 88.2 Å². The summed E-state index contributed by atoms with van der Waals surface area (Å²) in [4.78, 5) is 0. The summed E-state index contributed by atoms with van der Waals surface area (Å²) in [6, 6.07) is 0.594. The molecule has 13 heavy (non-hydrogen) atoms. The molecule has 0 aromatic heterocycles. The summed E-state index contributed by atoms with van der Waals surface area (Å²) in [6.45, 7) is 10.1. The van der Waals surface area contributed by atoms with Gasteiger partial charge in [0, 0.05) is 11.9 Å². The summed E-state index contributed by atoms with van der Waals surface area (Å²) >= 11 is 5.74. The molecular formula is C11H24ClN. The topological polar surface area (TPSA) is 12.0 Å². The average Bonchev–Trinajstić information content (AvgIpc) is 2.02. The normalized spacial score (nSPS) is 14.1. The first kappa shape index (κ1) is 13.2. The van der Waals surface area contributed by atoms with E-state index in [1.807, 2.05) is 0 Å². The van der Waals surface area contributed by atoms with Crippen LogP contribution >= 0.6 is 11.6 Å². The van der Waals surface area contributed by atoms with Gasteiger partial charge in [-0.25, -0.2) is 0 Å². The summed E-state index contributed by atoms with van der Waals surface area (Å²) in [5.41, 5.74) is 0. The first-order valence-corrected chi connectivity index (χ1v) is 5.90. The van der Waals surface area contributed by atoms with Crippen molar-refractivity contribution in [2.24, 2.45) is 11.8 Å². The largest absolute Gasteiger partial charge is 0.314 e. The molecular weight excluding hydrogens is 182 g/mol. The van der Waals surface area contributed by atoms with Gasteiger partial charge in [0.25, 0.3) is 0 Å². The van der Waals surface area contributed by atoms with E-state index in [-0.39, 0.29) is 0 Å². The van der Waals surface area contributed by atoms with E-state index in [0.29, 0.717) is 12.0 Å². The Kier molecular flexibility index (Phi) is 7.78. The van der Waals surface area contributed by atoms with Gasteiger partial charge >= 0.3 is 0 Å². The van der Waals surface area contributed by atoms with Gasteiger partial charge in [0.15, 0.2) is 0 Å². The highest BCUT2D eigenvalue weighted by atomic mass is 35.5. The van der Waals surface area contributed by atoms with Crippen LogP contribution in [0.2, 0.25) is 0 Å². The molecule has 0 saturated carbocycles. The highest BCUT2D eigenvalue weighted by molar-refractivity contribution is 6.17. The van der Waals surface area contributed by atoms with Gasteiger partial charge in [0.05, 0.1) is 0 Å². The van der Waals surface area contributed by atoms with Gasteiger partial charge in [-0.3, -0.25) is 0 Å². The smallest absolute Gasteiger partial charge is 0.0238 e. The van der Waals surface area contributed by atoms with Gasteiger partial charge in [0.1, 0.15) is 0 Å². The van der Waals surface area contributed by atoms with Crippen LogP contribution in [0.15, 0.2) is 0 Å². The molecule has 2 heteroatoms. The molecule has 1 nitrogen and oxygen atoms in total. The lowest BCUT2D eigenvalue weighted by atomic mass is 10.0. The summed E-state index contributed by atoms with van der Waals surface area (Å²) in [7, 11) is 0. The van der Waals surface area contributed by atoms with E-state index in [9.17, 15) is 0 Å². The van der Waals surface area contributed by atoms with E-state index in [1.54, 1.807) is 0 Å². The lowest BCUT2D eigenvalue weighted by molar-refractivity contribution is 0.377. The molecule has 1 unspecified atom stereocenters. The molecule has 0 bridgehead atoms. The first-order valence-electron chi connectivity index (χ1n) is 5.37. The monoisotopic (exact) mass is 205 g/mol. The zero-order valence-electron chi connectivity index (χ0n) is 9.44. The van der Waals surface area contributed by atoms with Crippen molar-refractivity contribution in [2.45, 2.75) is 46.6 Å². The van der Waals surface area contributed by atoms with Gasteiger partial charge in [-0.2, -0.15) is 0 Å². The van der Waals surface area contributed by atoms with E-state index < -0.39 is 0 Å². The SMILES string of the molecule is CC(C)CCNC(CCCl)C(C)C. The number of rotatable bonds is 7. The van der Waals surface area contributed by atoms with Crippen molar-refractivity contribution in [3.05, 3.63) is 0 Å². The van der Waals surface area contributed by atoms with Crippen molar-refractivity contribution in [1.82, 2.24) is 5.32 Å². The van der Waals surface area contributed by atoms with Crippen LogP contribution in [-0.4, -0.2) is 18.5 Å². The fourth-order valence-corrected chi connectivity index (χ4v) is 1.58. The zero-order valence-corrected chi connectivity index (χ0v) is 10.2. The third-order valence-electron chi connectivity index (χ3n) is 2.35. The second kappa shape index (κ2) is 7.64. The second-order valence-corrected chi connectivity index (χ2v) is 4.84. The van der Waals surface area contributed by atoms with E-state index in [2.05, 4.69) is 33.0 Å². The predicted octanol–water partition coefficient (Wildman–Crippen LogP) is 3.28. The van der Waals surface area contributed by atoms with Crippen LogP contribution in [0.4, 0.5) is 0 Å². The summed E-state index contributed by atoms with van der Waals surface area (Å²) in [5, 5.41) is 3.57. The van der Waals surface area contributed by atoms with Crippen molar-refractivity contribution in [2.75, 3.05) is 12.4 Å². The Bertz CT molecular complexity index is 113. The molecule has 80 valence electrons. The number of alkyl halides is 1. The third-order valence-corrected chi connectivity index (χ3v) is 2.57. The standard InChI is InChI=1S/C11H24ClN/c1-9(2)6-8-13-11(5-7-12)10(3)4/h9-11,13H,5-8H2,1-4H3. The van der Waals surface area contributed by atoms with Crippen LogP contribution in [0.25, 0.3) is 0 Å². The van der Waals surface area contributed by atoms with Crippen molar-refractivity contribution in [3.8, 4) is 0 Å². The van der Waals surface area contributed by atoms with Gasteiger partial charge in [0.2, 0.25) is 0 Å². The molecule has 0 saturated heterocycles. The molecule has 0 fully saturated rings. The maximum atomic E-state index is 5.74. The molecule has 0 aliphatic heterocycles. The van der Waals surface area contributed by atoms with E-state index in [1.165, 1.54) is 6.42 Å². The number of nitrogens with one attached hydrogen (secondary N) is 1. The Balaban J connectivity index is 3.57. The fraction of sp³-hybridized carbons (Fsp3) is 1.00. The maximum Gasteiger partial charge on any atom is 0.0238 e. The highest BCUT2D eigenvalue weighted by Crippen LogP contribution is 2.07. The van der Waals surface area contributed by atoms with E-state index in [0.717, 1.165) is 24.8 Å². The lowest BCUT2D eigenvalue weighted by Crippen LogP contribution is -2.35. The third kappa shape index (κ3) is 7.33. The summed E-state index contributed by atoms with van der Waals surface area (Å²) in [6.07, 6.45) is 2.34. The van der Waals surface area contributed by atoms with Gasteiger partial charge in [-0.1, -0.05) is 27.7 Å². The summed E-state index contributed by atoms with van der Waals surface area (Å²) < 4.78 is 0. The molecule has 0 radical (unpaired) electrons. The van der Waals surface area contributed by atoms with Crippen molar-refractivity contribution in [1.29, 1.82) is 0 Å². The molecule has 0 heterocycles. The van der Waals surface area contributed by atoms with Gasteiger partial charge in [-0.05, 0) is 31.2 Å². The number of halogens is 1. The molecule has 1 N–H and O–H groups in total.